The first-order chi connectivity index (χ1) is 18.5. The van der Waals surface area contributed by atoms with Crippen molar-refractivity contribution in [2.75, 3.05) is 0 Å². The lowest BCUT2D eigenvalue weighted by atomic mass is 10.1. The first-order valence-electron chi connectivity index (χ1n) is 16.0. The second-order valence-corrected chi connectivity index (χ2v) is 10.8. The van der Waals surface area contributed by atoms with Crippen LogP contribution in [0, 0.1) is 0 Å². The van der Waals surface area contributed by atoms with E-state index in [0.717, 1.165) is 38.5 Å². The molecular weight excluding hydrogens is 480 g/mol. The highest BCUT2D eigenvalue weighted by Crippen LogP contribution is 2.13. The molecule has 0 bridgehead atoms. The van der Waals surface area contributed by atoms with Gasteiger partial charge >= 0.3 is 23.9 Å². The Balaban J connectivity index is 3.54. The minimum Gasteiger partial charge on any atom is -0.393 e. The van der Waals surface area contributed by atoms with Crippen molar-refractivity contribution in [2.24, 2.45) is 0 Å². The van der Waals surface area contributed by atoms with Gasteiger partial charge in [-0.15, -0.1) is 0 Å². The van der Waals surface area contributed by atoms with Gasteiger partial charge in [-0.1, -0.05) is 129 Å². The minimum atomic E-state index is -0.549. The maximum atomic E-state index is 11.8. The Morgan fingerprint density at radius 2 is 0.500 bits per heavy atom. The molecule has 6 heteroatoms. The van der Waals surface area contributed by atoms with Crippen molar-refractivity contribution in [1.29, 1.82) is 0 Å². The molecule has 0 amide bonds. The molecule has 0 spiro atoms. The highest BCUT2D eigenvalue weighted by atomic mass is 16.6. The molecule has 0 saturated carbocycles. The highest BCUT2D eigenvalue weighted by Gasteiger charge is 2.13. The van der Waals surface area contributed by atoms with E-state index in [1.807, 2.05) is 0 Å². The summed E-state index contributed by atoms with van der Waals surface area (Å²) in [5, 5.41) is 0. The van der Waals surface area contributed by atoms with E-state index < -0.39 is 23.9 Å². The standard InChI is InChI=1S/C32H58O6/c1-3-5-7-9-11-13-15-17-19-21-25-29(33)37-31(35)27-23-24-28-32(36)38-30(34)26-22-20-18-16-14-12-10-8-6-4-2/h3-28H2,1-2H3. The van der Waals surface area contributed by atoms with Gasteiger partial charge in [0.1, 0.15) is 0 Å². The molecule has 0 saturated heterocycles. The number of ether oxygens (including phenoxy) is 2. The van der Waals surface area contributed by atoms with Crippen LogP contribution in [0.4, 0.5) is 0 Å². The molecule has 0 aliphatic rings. The second-order valence-electron chi connectivity index (χ2n) is 10.8. The molecule has 0 unspecified atom stereocenters. The normalized spacial score (nSPS) is 10.9. The summed E-state index contributed by atoms with van der Waals surface area (Å²) in [7, 11) is 0. The summed E-state index contributed by atoms with van der Waals surface area (Å²) in [5.41, 5.74) is 0. The van der Waals surface area contributed by atoms with Crippen LogP contribution in [0.1, 0.15) is 181 Å². The average Bonchev–Trinajstić information content (AvgIpc) is 2.88. The molecule has 0 radical (unpaired) electrons. The van der Waals surface area contributed by atoms with Crippen molar-refractivity contribution in [2.45, 2.75) is 181 Å². The second kappa shape index (κ2) is 28.3. The van der Waals surface area contributed by atoms with Crippen molar-refractivity contribution in [3.05, 3.63) is 0 Å². The first-order valence-corrected chi connectivity index (χ1v) is 16.0. The van der Waals surface area contributed by atoms with Crippen LogP contribution in [0.2, 0.25) is 0 Å². The van der Waals surface area contributed by atoms with Gasteiger partial charge in [-0.2, -0.15) is 0 Å². The van der Waals surface area contributed by atoms with Crippen LogP contribution in [0.15, 0.2) is 0 Å². The molecule has 0 aliphatic heterocycles. The molecule has 0 aromatic heterocycles. The lowest BCUT2D eigenvalue weighted by molar-refractivity contribution is -0.162. The van der Waals surface area contributed by atoms with Crippen molar-refractivity contribution >= 4 is 23.9 Å². The smallest absolute Gasteiger partial charge is 0.313 e. The largest absolute Gasteiger partial charge is 0.393 e. The van der Waals surface area contributed by atoms with Crippen LogP contribution in [0.3, 0.4) is 0 Å². The summed E-state index contributed by atoms with van der Waals surface area (Å²) in [6.07, 6.45) is 25.3. The number of hydrogen-bond acceptors (Lipinski definition) is 6. The Morgan fingerprint density at radius 1 is 0.316 bits per heavy atom. The number of hydrogen-bond donors (Lipinski definition) is 0. The Morgan fingerprint density at radius 3 is 0.737 bits per heavy atom. The maximum Gasteiger partial charge on any atom is 0.313 e. The minimum absolute atomic E-state index is 0.0869. The number of carbonyl (C=O) groups excluding carboxylic acids is 4. The molecule has 38 heavy (non-hydrogen) atoms. The van der Waals surface area contributed by atoms with Gasteiger partial charge in [0.15, 0.2) is 0 Å². The molecule has 0 atom stereocenters. The topological polar surface area (TPSA) is 86.7 Å². The van der Waals surface area contributed by atoms with E-state index in [2.05, 4.69) is 13.8 Å². The summed E-state index contributed by atoms with van der Waals surface area (Å²) in [5.74, 6) is -2.03. The maximum absolute atomic E-state index is 11.8. The van der Waals surface area contributed by atoms with E-state index in [-0.39, 0.29) is 25.7 Å². The zero-order valence-electron chi connectivity index (χ0n) is 24.8. The van der Waals surface area contributed by atoms with Gasteiger partial charge < -0.3 is 9.47 Å². The fourth-order valence-electron chi connectivity index (χ4n) is 4.51. The average molecular weight is 539 g/mol. The van der Waals surface area contributed by atoms with Gasteiger partial charge in [0.05, 0.1) is 0 Å². The van der Waals surface area contributed by atoms with Crippen LogP contribution in [0.5, 0.6) is 0 Å². The fraction of sp³-hybridized carbons (Fsp3) is 0.875. The molecule has 0 fully saturated rings. The Labute approximate surface area is 233 Å². The fourth-order valence-corrected chi connectivity index (χ4v) is 4.51. The van der Waals surface area contributed by atoms with Crippen LogP contribution in [-0.4, -0.2) is 23.9 Å². The van der Waals surface area contributed by atoms with Crippen molar-refractivity contribution in [3.8, 4) is 0 Å². The quantitative estimate of drug-likeness (QED) is 0.0588. The highest BCUT2D eigenvalue weighted by molar-refractivity contribution is 5.86. The lowest BCUT2D eigenvalue weighted by Crippen LogP contribution is -2.13. The number of esters is 4. The molecule has 0 aromatic rings. The van der Waals surface area contributed by atoms with E-state index in [9.17, 15) is 19.2 Å². The Kier molecular flexibility index (Phi) is 27.0. The van der Waals surface area contributed by atoms with E-state index in [1.165, 1.54) is 89.9 Å². The number of unbranched alkanes of at least 4 members (excludes halogenated alkanes) is 19. The van der Waals surface area contributed by atoms with Crippen molar-refractivity contribution < 1.29 is 28.7 Å². The van der Waals surface area contributed by atoms with E-state index in [0.29, 0.717) is 12.8 Å². The Bertz CT molecular complexity index is 549. The van der Waals surface area contributed by atoms with Crippen LogP contribution in [0.25, 0.3) is 0 Å². The zero-order valence-corrected chi connectivity index (χ0v) is 24.8. The molecule has 0 aliphatic carbocycles. The summed E-state index contributed by atoms with van der Waals surface area (Å²) in [6.45, 7) is 4.45. The summed E-state index contributed by atoms with van der Waals surface area (Å²) >= 11 is 0. The molecule has 6 nitrogen and oxygen atoms in total. The zero-order chi connectivity index (χ0) is 28.1. The third kappa shape index (κ3) is 27.3. The summed E-state index contributed by atoms with van der Waals surface area (Å²) in [4.78, 5) is 47.2. The lowest BCUT2D eigenvalue weighted by Gasteiger charge is -2.05. The van der Waals surface area contributed by atoms with Crippen LogP contribution >= 0.6 is 0 Å². The van der Waals surface area contributed by atoms with Crippen LogP contribution in [-0.2, 0) is 28.7 Å². The monoisotopic (exact) mass is 538 g/mol. The first kappa shape index (κ1) is 36.3. The molecule has 0 heterocycles. The molecular formula is C32H58O6. The predicted octanol–water partition coefficient (Wildman–Crippen LogP) is 9.31. The van der Waals surface area contributed by atoms with Crippen molar-refractivity contribution in [3.63, 3.8) is 0 Å². The van der Waals surface area contributed by atoms with Crippen LogP contribution < -0.4 is 0 Å². The summed E-state index contributed by atoms with van der Waals surface area (Å²) < 4.78 is 9.72. The van der Waals surface area contributed by atoms with Gasteiger partial charge in [0.25, 0.3) is 0 Å². The van der Waals surface area contributed by atoms with Crippen molar-refractivity contribution in [1.82, 2.24) is 0 Å². The van der Waals surface area contributed by atoms with Gasteiger partial charge in [-0.05, 0) is 25.7 Å². The van der Waals surface area contributed by atoms with E-state index >= 15 is 0 Å². The molecule has 0 N–H and O–H groups in total. The summed E-state index contributed by atoms with van der Waals surface area (Å²) in [6, 6.07) is 0. The number of carbonyl (C=O) groups is 4. The molecule has 0 aromatic carbocycles. The SMILES string of the molecule is CCCCCCCCCCCCC(=O)OC(=O)CCCCC(=O)OC(=O)CCCCCCCCCCCC. The van der Waals surface area contributed by atoms with Gasteiger partial charge in [0.2, 0.25) is 0 Å². The molecule has 0 rings (SSSR count). The van der Waals surface area contributed by atoms with E-state index in [1.54, 1.807) is 0 Å². The van der Waals surface area contributed by atoms with E-state index in [4.69, 9.17) is 9.47 Å². The molecule has 222 valence electrons. The van der Waals surface area contributed by atoms with Gasteiger partial charge in [-0.3, -0.25) is 19.2 Å². The van der Waals surface area contributed by atoms with Gasteiger partial charge in [0, 0.05) is 25.7 Å². The number of rotatable bonds is 27. The van der Waals surface area contributed by atoms with Gasteiger partial charge in [-0.25, -0.2) is 0 Å². The predicted molar refractivity (Wildman–Crippen MR) is 154 cm³/mol. The Hall–Kier alpha value is -1.72. The third-order valence-corrected chi connectivity index (χ3v) is 6.94. The third-order valence-electron chi connectivity index (χ3n) is 6.94.